The summed E-state index contributed by atoms with van der Waals surface area (Å²) in [4.78, 5) is 26.2. The Bertz CT molecular complexity index is 272. The summed E-state index contributed by atoms with van der Waals surface area (Å²) in [5.41, 5.74) is 0.154. The molecule has 0 aliphatic carbocycles. The molecule has 1 rings (SSSR count). The predicted octanol–water partition coefficient (Wildman–Crippen LogP) is 0.326. The zero-order chi connectivity index (χ0) is 10.6. The van der Waals surface area contributed by atoms with Crippen LogP contribution in [0.15, 0.2) is 4.99 Å². The van der Waals surface area contributed by atoms with Crippen LogP contribution < -0.4 is 0 Å². The van der Waals surface area contributed by atoms with Crippen molar-refractivity contribution in [2.45, 2.75) is 26.4 Å². The molecule has 78 valence electrons. The first-order chi connectivity index (χ1) is 6.63. The fourth-order valence-corrected chi connectivity index (χ4v) is 1.07. The van der Waals surface area contributed by atoms with Crippen molar-refractivity contribution in [1.29, 1.82) is 0 Å². The zero-order valence-electron chi connectivity index (χ0n) is 8.28. The summed E-state index contributed by atoms with van der Waals surface area (Å²) in [7, 11) is 0. The lowest BCUT2D eigenvalue weighted by Gasteiger charge is -2.17. The lowest BCUT2D eigenvalue weighted by atomic mass is 10.2. The average Bonchev–Trinajstić information content (AvgIpc) is 2.10. The molecule has 1 atom stereocenters. The maximum atomic E-state index is 11.2. The van der Waals surface area contributed by atoms with E-state index in [0.717, 1.165) is 0 Å². The van der Waals surface area contributed by atoms with E-state index in [1.807, 2.05) is 0 Å². The second-order valence-corrected chi connectivity index (χ2v) is 2.99. The molecule has 0 N–H and O–H groups in total. The molecule has 0 saturated carbocycles. The van der Waals surface area contributed by atoms with Crippen LogP contribution in [-0.2, 0) is 19.1 Å². The highest BCUT2D eigenvalue weighted by Crippen LogP contribution is 2.05. The van der Waals surface area contributed by atoms with E-state index in [2.05, 4.69) is 4.99 Å². The SMILES string of the molecule is CCOC(=O)CC1=NC[C@@H](C)OC1=O. The van der Waals surface area contributed by atoms with E-state index in [9.17, 15) is 9.59 Å². The predicted molar refractivity (Wildman–Crippen MR) is 49.1 cm³/mol. The first-order valence-electron chi connectivity index (χ1n) is 4.53. The number of carbonyl (C=O) groups is 2. The summed E-state index contributed by atoms with van der Waals surface area (Å²) in [5.74, 6) is -0.963. The lowest BCUT2D eigenvalue weighted by Crippen LogP contribution is -2.32. The molecule has 0 aromatic rings. The molecule has 5 nitrogen and oxygen atoms in total. The van der Waals surface area contributed by atoms with Crippen molar-refractivity contribution < 1.29 is 19.1 Å². The number of carbonyl (C=O) groups excluding carboxylic acids is 2. The fourth-order valence-electron chi connectivity index (χ4n) is 1.07. The van der Waals surface area contributed by atoms with Crippen LogP contribution in [0, 0.1) is 0 Å². The lowest BCUT2D eigenvalue weighted by molar-refractivity contribution is -0.145. The van der Waals surface area contributed by atoms with Gasteiger partial charge in [0.25, 0.3) is 0 Å². The average molecular weight is 199 g/mol. The number of nitrogens with zero attached hydrogens (tertiary/aromatic N) is 1. The summed E-state index contributed by atoms with van der Waals surface area (Å²) in [6, 6.07) is 0. The van der Waals surface area contributed by atoms with Crippen molar-refractivity contribution in [2.75, 3.05) is 13.2 Å². The molecular formula is C9H13NO4. The fraction of sp³-hybridized carbons (Fsp3) is 0.667. The van der Waals surface area contributed by atoms with Crippen molar-refractivity contribution in [3.05, 3.63) is 0 Å². The van der Waals surface area contributed by atoms with Gasteiger partial charge in [-0.25, -0.2) is 4.79 Å². The number of cyclic esters (lactones) is 1. The summed E-state index contributed by atoms with van der Waals surface area (Å²) in [5, 5.41) is 0. The zero-order valence-corrected chi connectivity index (χ0v) is 8.28. The van der Waals surface area contributed by atoms with E-state index in [-0.39, 0.29) is 18.2 Å². The molecule has 0 aromatic heterocycles. The van der Waals surface area contributed by atoms with Crippen LogP contribution in [0.3, 0.4) is 0 Å². The molecule has 0 bridgehead atoms. The van der Waals surface area contributed by atoms with Gasteiger partial charge in [0.05, 0.1) is 19.6 Å². The van der Waals surface area contributed by atoms with Crippen LogP contribution in [0.1, 0.15) is 20.3 Å². The van der Waals surface area contributed by atoms with E-state index in [1.54, 1.807) is 13.8 Å². The molecule has 0 radical (unpaired) electrons. The number of hydrogen-bond acceptors (Lipinski definition) is 5. The van der Waals surface area contributed by atoms with E-state index >= 15 is 0 Å². The summed E-state index contributed by atoms with van der Waals surface area (Å²) in [6.07, 6.45) is -0.298. The Balaban J connectivity index is 2.52. The molecule has 0 aromatic carbocycles. The van der Waals surface area contributed by atoms with Gasteiger partial charge in [-0.05, 0) is 13.8 Å². The molecule has 0 unspecified atom stereocenters. The van der Waals surface area contributed by atoms with E-state index in [4.69, 9.17) is 9.47 Å². The van der Waals surface area contributed by atoms with Crippen LogP contribution in [0.25, 0.3) is 0 Å². The van der Waals surface area contributed by atoms with E-state index in [1.165, 1.54) is 0 Å². The van der Waals surface area contributed by atoms with E-state index < -0.39 is 11.9 Å². The number of hydrogen-bond donors (Lipinski definition) is 0. The minimum atomic E-state index is -0.517. The van der Waals surface area contributed by atoms with Crippen molar-refractivity contribution in [2.24, 2.45) is 4.99 Å². The van der Waals surface area contributed by atoms with E-state index in [0.29, 0.717) is 13.2 Å². The highest BCUT2D eigenvalue weighted by Gasteiger charge is 2.23. The monoisotopic (exact) mass is 199 g/mol. The maximum Gasteiger partial charge on any atom is 0.353 e. The molecule has 0 spiro atoms. The maximum absolute atomic E-state index is 11.2. The quantitative estimate of drug-likeness (QED) is 0.614. The van der Waals surface area contributed by atoms with Gasteiger partial charge in [-0.15, -0.1) is 0 Å². The molecule has 0 amide bonds. The highest BCUT2D eigenvalue weighted by atomic mass is 16.5. The van der Waals surface area contributed by atoms with Crippen molar-refractivity contribution >= 4 is 17.7 Å². The molecule has 1 aliphatic heterocycles. The second kappa shape index (κ2) is 4.74. The van der Waals surface area contributed by atoms with Crippen LogP contribution in [-0.4, -0.2) is 36.9 Å². The molecule has 0 fully saturated rings. The normalized spacial score (nSPS) is 21.1. The van der Waals surface area contributed by atoms with Crippen LogP contribution in [0.4, 0.5) is 0 Å². The standard InChI is InChI=1S/C9H13NO4/c1-3-13-8(11)4-7-9(12)14-6(2)5-10-7/h6H,3-5H2,1-2H3/t6-/m1/s1. The third-order valence-corrected chi connectivity index (χ3v) is 1.70. The van der Waals surface area contributed by atoms with Gasteiger partial charge in [0.1, 0.15) is 11.8 Å². The van der Waals surface area contributed by atoms with Gasteiger partial charge in [0.15, 0.2) is 0 Å². The highest BCUT2D eigenvalue weighted by molar-refractivity contribution is 6.39. The second-order valence-electron chi connectivity index (χ2n) is 2.99. The molecule has 14 heavy (non-hydrogen) atoms. The molecular weight excluding hydrogens is 186 g/mol. The third kappa shape index (κ3) is 2.83. The topological polar surface area (TPSA) is 65.0 Å². The van der Waals surface area contributed by atoms with Crippen molar-refractivity contribution in [3.8, 4) is 0 Å². The van der Waals surface area contributed by atoms with Crippen LogP contribution in [0.2, 0.25) is 0 Å². The minimum absolute atomic E-state index is 0.0978. The largest absolute Gasteiger partial charge is 0.466 e. The van der Waals surface area contributed by atoms with Crippen molar-refractivity contribution in [3.63, 3.8) is 0 Å². The van der Waals surface area contributed by atoms with Crippen LogP contribution in [0.5, 0.6) is 0 Å². The summed E-state index contributed by atoms with van der Waals surface area (Å²) < 4.78 is 9.59. The van der Waals surface area contributed by atoms with Crippen molar-refractivity contribution in [1.82, 2.24) is 0 Å². The number of rotatable bonds is 3. The molecule has 0 saturated heterocycles. The summed E-state index contributed by atoms with van der Waals surface area (Å²) >= 11 is 0. The van der Waals surface area contributed by atoms with Gasteiger partial charge < -0.3 is 9.47 Å². The van der Waals surface area contributed by atoms with Gasteiger partial charge in [-0.2, -0.15) is 0 Å². The van der Waals surface area contributed by atoms with Gasteiger partial charge in [0.2, 0.25) is 0 Å². The molecule has 5 heteroatoms. The Kier molecular flexibility index (Phi) is 3.62. The van der Waals surface area contributed by atoms with Gasteiger partial charge in [-0.3, -0.25) is 9.79 Å². The van der Waals surface area contributed by atoms with Gasteiger partial charge in [0, 0.05) is 0 Å². The number of esters is 2. The Morgan fingerprint density at radius 1 is 1.71 bits per heavy atom. The van der Waals surface area contributed by atoms with Gasteiger partial charge in [-0.1, -0.05) is 0 Å². The Labute approximate surface area is 82.1 Å². The Hall–Kier alpha value is -1.39. The molecule has 1 heterocycles. The third-order valence-electron chi connectivity index (χ3n) is 1.70. The first-order valence-corrected chi connectivity index (χ1v) is 4.53. The van der Waals surface area contributed by atoms with Crippen LogP contribution >= 0.6 is 0 Å². The Morgan fingerprint density at radius 3 is 3.00 bits per heavy atom. The number of aliphatic imine (C=N–C) groups is 1. The minimum Gasteiger partial charge on any atom is -0.466 e. The molecule has 1 aliphatic rings. The smallest absolute Gasteiger partial charge is 0.353 e. The summed E-state index contributed by atoms with van der Waals surface area (Å²) in [6.45, 7) is 4.18. The number of ether oxygens (including phenoxy) is 2. The van der Waals surface area contributed by atoms with Gasteiger partial charge >= 0.3 is 11.9 Å². The Morgan fingerprint density at radius 2 is 2.43 bits per heavy atom. The first kappa shape index (κ1) is 10.7.